The first-order valence-corrected chi connectivity index (χ1v) is 11.6. The fraction of sp³-hybridized carbons (Fsp3) is 0.208. The summed E-state index contributed by atoms with van der Waals surface area (Å²) < 4.78 is 5.29. The minimum absolute atomic E-state index is 0.246. The van der Waals surface area contributed by atoms with Crippen molar-refractivity contribution in [2.75, 3.05) is 11.9 Å². The van der Waals surface area contributed by atoms with E-state index in [-0.39, 0.29) is 12.2 Å². The summed E-state index contributed by atoms with van der Waals surface area (Å²) in [4.78, 5) is 33.6. The highest BCUT2D eigenvalue weighted by Gasteiger charge is 2.36. The summed E-state index contributed by atoms with van der Waals surface area (Å²) in [7, 11) is 0. The zero-order chi connectivity index (χ0) is 22.7. The molecule has 1 aliphatic rings. The summed E-state index contributed by atoms with van der Waals surface area (Å²) in [6.07, 6.45) is 0. The number of benzene rings is 2. The first-order chi connectivity index (χ1) is 15.5. The number of aromatic nitrogens is 2. The molecule has 1 unspecified atom stereocenters. The monoisotopic (exact) mass is 467 g/mol. The Kier molecular flexibility index (Phi) is 6.67. The van der Waals surface area contributed by atoms with E-state index in [0.29, 0.717) is 38.6 Å². The van der Waals surface area contributed by atoms with Gasteiger partial charge in [0.15, 0.2) is 5.16 Å². The molecule has 2 aromatic carbocycles. The summed E-state index contributed by atoms with van der Waals surface area (Å²) in [5.74, 6) is -0.0272. The third-order valence-corrected chi connectivity index (χ3v) is 6.46. The van der Waals surface area contributed by atoms with Crippen molar-refractivity contribution in [2.24, 2.45) is 0 Å². The number of fused-ring (bicyclic) bond motifs is 1. The molecule has 32 heavy (non-hydrogen) atoms. The number of aromatic amines is 1. The molecular weight excluding hydrogens is 446 g/mol. The smallest absolute Gasteiger partial charge is 0.336 e. The number of hydrogen-bond acceptors (Lipinski definition) is 6. The van der Waals surface area contributed by atoms with E-state index in [4.69, 9.17) is 16.3 Å². The summed E-state index contributed by atoms with van der Waals surface area (Å²) in [6.45, 7) is 3.80. The lowest BCUT2D eigenvalue weighted by atomic mass is 9.82. The third kappa shape index (κ3) is 4.45. The largest absolute Gasteiger partial charge is 0.463 e. The van der Waals surface area contributed by atoms with Crippen molar-refractivity contribution in [3.05, 3.63) is 97.9 Å². The van der Waals surface area contributed by atoms with Gasteiger partial charge in [-0.25, -0.2) is 9.78 Å². The Hall–Kier alpha value is -3.03. The van der Waals surface area contributed by atoms with Gasteiger partial charge in [0.05, 0.1) is 23.7 Å². The van der Waals surface area contributed by atoms with Crippen LogP contribution in [0, 0.1) is 0 Å². The van der Waals surface area contributed by atoms with Gasteiger partial charge >= 0.3 is 5.97 Å². The molecule has 1 aromatic heterocycles. The van der Waals surface area contributed by atoms with Crippen LogP contribution in [0.2, 0.25) is 5.02 Å². The standard InChI is InChI=1S/C24H22ClN3O3S/c1-3-31-23(30)18-14(2)26-21-20(19(18)15-9-5-4-6-10-15)22(29)28-24(27-21)32-13-16-11-7-8-12-17(16)25/h4-12,19H,3,13H2,1-2H3,(H2,26,27,28,29). The molecule has 8 heteroatoms. The number of allylic oxidation sites excluding steroid dienone is 1. The van der Waals surface area contributed by atoms with Gasteiger partial charge in [0, 0.05) is 16.5 Å². The fourth-order valence-corrected chi connectivity index (χ4v) is 4.87. The summed E-state index contributed by atoms with van der Waals surface area (Å²) >= 11 is 7.64. The molecule has 1 aliphatic heterocycles. The normalized spacial score (nSPS) is 15.2. The summed E-state index contributed by atoms with van der Waals surface area (Å²) in [5.41, 5.74) is 2.90. The van der Waals surface area contributed by atoms with Gasteiger partial charge in [-0.1, -0.05) is 71.9 Å². The molecule has 4 rings (SSSR count). The Morgan fingerprint density at radius 1 is 1.16 bits per heavy atom. The molecule has 0 amide bonds. The highest BCUT2D eigenvalue weighted by atomic mass is 35.5. The van der Waals surface area contributed by atoms with E-state index in [1.807, 2.05) is 54.6 Å². The highest BCUT2D eigenvalue weighted by Crippen LogP contribution is 2.40. The number of carbonyl (C=O) groups excluding carboxylic acids is 1. The SMILES string of the molecule is CCOC(=O)C1=C(C)Nc2nc(SCc3ccccc3Cl)[nH]c(=O)c2C1c1ccccc1. The first-order valence-electron chi connectivity index (χ1n) is 10.2. The van der Waals surface area contributed by atoms with Gasteiger partial charge in [-0.2, -0.15) is 0 Å². The molecule has 0 fully saturated rings. The van der Waals surface area contributed by atoms with Crippen LogP contribution in [0.3, 0.4) is 0 Å². The average molecular weight is 468 g/mol. The van der Waals surface area contributed by atoms with Gasteiger partial charge in [-0.05, 0) is 31.0 Å². The Bertz CT molecular complexity index is 1240. The molecule has 164 valence electrons. The molecule has 0 saturated carbocycles. The summed E-state index contributed by atoms with van der Waals surface area (Å²) in [5, 5.41) is 4.29. The van der Waals surface area contributed by atoms with Crippen molar-refractivity contribution in [3.63, 3.8) is 0 Å². The number of nitrogens with zero attached hydrogens (tertiary/aromatic N) is 1. The Morgan fingerprint density at radius 3 is 2.59 bits per heavy atom. The van der Waals surface area contributed by atoms with Gasteiger partial charge in [0.1, 0.15) is 5.82 Å². The Morgan fingerprint density at radius 2 is 1.88 bits per heavy atom. The summed E-state index contributed by atoms with van der Waals surface area (Å²) in [6, 6.07) is 17.0. The molecule has 0 spiro atoms. The molecule has 3 aromatic rings. The maximum Gasteiger partial charge on any atom is 0.336 e. The molecule has 2 N–H and O–H groups in total. The van der Waals surface area contributed by atoms with Gasteiger partial charge in [-0.3, -0.25) is 4.79 Å². The molecule has 0 saturated heterocycles. The van der Waals surface area contributed by atoms with E-state index >= 15 is 0 Å². The van der Waals surface area contributed by atoms with Gasteiger partial charge in [0.2, 0.25) is 0 Å². The molecule has 6 nitrogen and oxygen atoms in total. The van der Waals surface area contributed by atoms with E-state index in [9.17, 15) is 9.59 Å². The number of nitrogens with one attached hydrogen (secondary N) is 2. The second-order valence-electron chi connectivity index (χ2n) is 7.24. The van der Waals surface area contributed by atoms with Crippen molar-refractivity contribution >= 4 is 35.1 Å². The topological polar surface area (TPSA) is 84.1 Å². The van der Waals surface area contributed by atoms with Crippen molar-refractivity contribution in [3.8, 4) is 0 Å². The molecule has 0 aliphatic carbocycles. The molecular formula is C24H22ClN3O3S. The predicted molar refractivity (Wildman–Crippen MR) is 127 cm³/mol. The zero-order valence-electron chi connectivity index (χ0n) is 17.6. The minimum atomic E-state index is -0.578. The van der Waals surface area contributed by atoms with E-state index in [2.05, 4.69) is 15.3 Å². The lowest BCUT2D eigenvalue weighted by molar-refractivity contribution is -0.138. The maximum absolute atomic E-state index is 13.2. The number of hydrogen-bond donors (Lipinski definition) is 2. The van der Waals surface area contributed by atoms with E-state index in [1.165, 1.54) is 11.8 Å². The number of rotatable bonds is 6. The van der Waals surface area contributed by atoms with Crippen molar-refractivity contribution in [2.45, 2.75) is 30.7 Å². The lowest BCUT2D eigenvalue weighted by Crippen LogP contribution is -2.31. The van der Waals surface area contributed by atoms with Crippen molar-refractivity contribution in [1.29, 1.82) is 0 Å². The second kappa shape index (κ2) is 9.63. The molecule has 2 heterocycles. The number of halogens is 1. The van der Waals surface area contributed by atoms with Crippen LogP contribution in [0.15, 0.2) is 75.8 Å². The van der Waals surface area contributed by atoms with E-state index < -0.39 is 11.9 Å². The van der Waals surface area contributed by atoms with Crippen LogP contribution in [0.1, 0.15) is 36.5 Å². The zero-order valence-corrected chi connectivity index (χ0v) is 19.2. The lowest BCUT2D eigenvalue weighted by Gasteiger charge is -2.28. The first kappa shape index (κ1) is 22.2. The highest BCUT2D eigenvalue weighted by molar-refractivity contribution is 7.98. The molecule has 1 atom stereocenters. The predicted octanol–water partition coefficient (Wildman–Crippen LogP) is 5.11. The second-order valence-corrected chi connectivity index (χ2v) is 8.61. The van der Waals surface area contributed by atoms with Crippen molar-refractivity contribution in [1.82, 2.24) is 9.97 Å². The van der Waals surface area contributed by atoms with Crippen LogP contribution in [0.5, 0.6) is 0 Å². The Labute approximate surface area is 195 Å². The number of anilines is 1. The number of esters is 1. The van der Waals surface area contributed by atoms with Crippen LogP contribution >= 0.6 is 23.4 Å². The van der Waals surface area contributed by atoms with Crippen LogP contribution < -0.4 is 10.9 Å². The minimum Gasteiger partial charge on any atom is -0.463 e. The van der Waals surface area contributed by atoms with Gasteiger partial charge < -0.3 is 15.0 Å². The molecule has 0 radical (unpaired) electrons. The van der Waals surface area contributed by atoms with Gasteiger partial charge in [-0.15, -0.1) is 0 Å². The van der Waals surface area contributed by atoms with Crippen LogP contribution in [-0.2, 0) is 15.3 Å². The average Bonchev–Trinajstić information content (AvgIpc) is 2.78. The van der Waals surface area contributed by atoms with Gasteiger partial charge in [0.25, 0.3) is 5.56 Å². The quantitative estimate of drug-likeness (QED) is 0.298. The third-order valence-electron chi connectivity index (χ3n) is 5.17. The number of carbonyl (C=O) groups is 1. The van der Waals surface area contributed by atoms with Crippen LogP contribution in [0.4, 0.5) is 5.82 Å². The van der Waals surface area contributed by atoms with E-state index in [1.54, 1.807) is 13.8 Å². The van der Waals surface area contributed by atoms with Crippen LogP contribution in [-0.4, -0.2) is 22.5 Å². The maximum atomic E-state index is 13.2. The van der Waals surface area contributed by atoms with Crippen molar-refractivity contribution < 1.29 is 9.53 Å². The number of ether oxygens (including phenoxy) is 1. The van der Waals surface area contributed by atoms with E-state index in [0.717, 1.165) is 11.1 Å². The fourth-order valence-electron chi connectivity index (χ4n) is 3.72. The van der Waals surface area contributed by atoms with Crippen LogP contribution in [0.25, 0.3) is 0 Å². The number of H-pyrrole nitrogens is 1. The Balaban J connectivity index is 1.75. The molecule has 0 bridgehead atoms. The number of thioether (sulfide) groups is 1.